The van der Waals surface area contributed by atoms with Crippen molar-refractivity contribution in [2.45, 2.75) is 39.3 Å². The van der Waals surface area contributed by atoms with E-state index >= 15 is 0 Å². The molecule has 1 aromatic heterocycles. The molecular formula is C13H22N4O3. The standard InChI is InChI=1S/C13H22N4O3/c1-6-10-9(8-16(4)15-10)7-14-12(20)17(5)13(2,3)11(18)19/h8H,6-7H2,1-5H3,(H,14,20)(H,18,19). The van der Waals surface area contributed by atoms with Gasteiger partial charge in [0.2, 0.25) is 0 Å². The minimum absolute atomic E-state index is 0.329. The summed E-state index contributed by atoms with van der Waals surface area (Å²) >= 11 is 0. The Labute approximate surface area is 118 Å². The molecule has 1 heterocycles. The average molecular weight is 282 g/mol. The summed E-state index contributed by atoms with van der Waals surface area (Å²) in [5, 5.41) is 16.1. The van der Waals surface area contributed by atoms with Crippen LogP contribution in [0.3, 0.4) is 0 Å². The normalized spacial score (nSPS) is 11.2. The molecule has 0 spiro atoms. The molecule has 0 aliphatic carbocycles. The van der Waals surface area contributed by atoms with Crippen LogP contribution >= 0.6 is 0 Å². The first-order valence-corrected chi connectivity index (χ1v) is 6.46. The molecule has 1 aromatic rings. The second-order valence-corrected chi connectivity index (χ2v) is 5.21. The van der Waals surface area contributed by atoms with Crippen LogP contribution in [0, 0.1) is 0 Å². The summed E-state index contributed by atoms with van der Waals surface area (Å²) in [7, 11) is 3.29. The molecular weight excluding hydrogens is 260 g/mol. The Morgan fingerprint density at radius 2 is 2.10 bits per heavy atom. The van der Waals surface area contributed by atoms with Crippen molar-refractivity contribution in [3.05, 3.63) is 17.5 Å². The first kappa shape index (κ1) is 16.0. The van der Waals surface area contributed by atoms with Crippen LogP contribution in [-0.2, 0) is 24.8 Å². The van der Waals surface area contributed by atoms with Crippen molar-refractivity contribution in [1.29, 1.82) is 0 Å². The number of aryl methyl sites for hydroxylation is 2. The summed E-state index contributed by atoms with van der Waals surface area (Å²) in [4.78, 5) is 24.3. The van der Waals surface area contributed by atoms with Gasteiger partial charge in [-0.15, -0.1) is 0 Å². The summed E-state index contributed by atoms with van der Waals surface area (Å²) in [6.07, 6.45) is 2.63. The van der Waals surface area contributed by atoms with E-state index in [1.54, 1.807) is 4.68 Å². The maximum atomic E-state index is 12.0. The van der Waals surface area contributed by atoms with Crippen LogP contribution in [0.25, 0.3) is 0 Å². The van der Waals surface area contributed by atoms with Gasteiger partial charge in [0.1, 0.15) is 5.54 Å². The van der Waals surface area contributed by atoms with E-state index in [-0.39, 0.29) is 0 Å². The number of nitrogens with one attached hydrogen (secondary N) is 1. The van der Waals surface area contributed by atoms with E-state index in [0.29, 0.717) is 6.54 Å². The van der Waals surface area contributed by atoms with Gasteiger partial charge in [-0.05, 0) is 20.3 Å². The molecule has 0 radical (unpaired) electrons. The molecule has 0 bridgehead atoms. The van der Waals surface area contributed by atoms with E-state index in [1.165, 1.54) is 25.8 Å². The molecule has 7 heteroatoms. The summed E-state index contributed by atoms with van der Waals surface area (Å²) in [6, 6.07) is -0.427. The molecule has 112 valence electrons. The van der Waals surface area contributed by atoms with Gasteiger partial charge in [-0.1, -0.05) is 6.92 Å². The zero-order chi connectivity index (χ0) is 15.5. The number of hydrogen-bond acceptors (Lipinski definition) is 3. The van der Waals surface area contributed by atoms with Crippen LogP contribution in [0.1, 0.15) is 32.0 Å². The van der Waals surface area contributed by atoms with Gasteiger partial charge in [0.15, 0.2) is 0 Å². The fourth-order valence-corrected chi connectivity index (χ4v) is 1.72. The molecule has 0 saturated carbocycles. The van der Waals surface area contributed by atoms with Crippen molar-refractivity contribution in [2.75, 3.05) is 7.05 Å². The summed E-state index contributed by atoms with van der Waals surface area (Å²) < 4.78 is 1.70. The lowest BCUT2D eigenvalue weighted by atomic mass is 10.1. The number of aromatic nitrogens is 2. The van der Waals surface area contributed by atoms with Crippen LogP contribution in [0.5, 0.6) is 0 Å². The number of rotatable bonds is 5. The molecule has 0 fully saturated rings. The Morgan fingerprint density at radius 3 is 2.60 bits per heavy atom. The van der Waals surface area contributed by atoms with E-state index in [9.17, 15) is 9.59 Å². The van der Waals surface area contributed by atoms with Crippen molar-refractivity contribution in [1.82, 2.24) is 20.0 Å². The van der Waals surface area contributed by atoms with Gasteiger partial charge in [-0.25, -0.2) is 9.59 Å². The average Bonchev–Trinajstić information content (AvgIpc) is 2.75. The van der Waals surface area contributed by atoms with Crippen LogP contribution in [-0.4, -0.2) is 44.4 Å². The Balaban J connectivity index is 2.70. The molecule has 7 nitrogen and oxygen atoms in total. The predicted octanol–water partition coefficient (Wildman–Crippen LogP) is 0.987. The third-order valence-electron chi connectivity index (χ3n) is 3.42. The number of nitrogens with zero attached hydrogens (tertiary/aromatic N) is 3. The van der Waals surface area contributed by atoms with E-state index in [4.69, 9.17) is 5.11 Å². The number of carboxylic acid groups (broad SMARTS) is 1. The van der Waals surface area contributed by atoms with E-state index in [1.807, 2.05) is 20.2 Å². The zero-order valence-electron chi connectivity index (χ0n) is 12.6. The molecule has 0 unspecified atom stereocenters. The zero-order valence-corrected chi connectivity index (χ0v) is 12.6. The maximum Gasteiger partial charge on any atom is 0.329 e. The molecule has 0 aliphatic rings. The molecule has 20 heavy (non-hydrogen) atoms. The fraction of sp³-hybridized carbons (Fsp3) is 0.615. The number of hydrogen-bond donors (Lipinski definition) is 2. The topological polar surface area (TPSA) is 87.5 Å². The minimum atomic E-state index is -1.26. The lowest BCUT2D eigenvalue weighted by Crippen LogP contribution is -2.53. The smallest absolute Gasteiger partial charge is 0.329 e. The molecule has 2 amide bonds. The SMILES string of the molecule is CCc1nn(C)cc1CNC(=O)N(C)C(C)(C)C(=O)O. The monoisotopic (exact) mass is 282 g/mol. The lowest BCUT2D eigenvalue weighted by Gasteiger charge is -2.31. The predicted molar refractivity (Wildman–Crippen MR) is 74.3 cm³/mol. The largest absolute Gasteiger partial charge is 0.480 e. The number of likely N-dealkylation sites (N-methyl/N-ethyl adjacent to an activating group) is 1. The van der Waals surface area contributed by atoms with Gasteiger partial charge >= 0.3 is 12.0 Å². The molecule has 0 atom stereocenters. The highest BCUT2D eigenvalue weighted by Gasteiger charge is 2.35. The van der Waals surface area contributed by atoms with E-state index in [0.717, 1.165) is 17.7 Å². The summed E-state index contributed by atoms with van der Waals surface area (Å²) in [5.41, 5.74) is 0.602. The second-order valence-electron chi connectivity index (χ2n) is 5.21. The highest BCUT2D eigenvalue weighted by atomic mass is 16.4. The van der Waals surface area contributed by atoms with Crippen LogP contribution < -0.4 is 5.32 Å². The molecule has 0 saturated heterocycles. The number of aliphatic carboxylic acids is 1. The third kappa shape index (κ3) is 3.28. The first-order valence-electron chi connectivity index (χ1n) is 6.46. The van der Waals surface area contributed by atoms with Crippen molar-refractivity contribution in [3.8, 4) is 0 Å². The first-order chi connectivity index (χ1) is 9.20. The minimum Gasteiger partial charge on any atom is -0.480 e. The highest BCUT2D eigenvalue weighted by Crippen LogP contribution is 2.13. The summed E-state index contributed by atoms with van der Waals surface area (Å²) in [5.74, 6) is -1.05. The van der Waals surface area contributed by atoms with Crippen molar-refractivity contribution < 1.29 is 14.7 Å². The summed E-state index contributed by atoms with van der Waals surface area (Å²) in [6.45, 7) is 5.29. The Bertz CT molecular complexity index is 508. The third-order valence-corrected chi connectivity index (χ3v) is 3.42. The quantitative estimate of drug-likeness (QED) is 0.843. The number of carboxylic acids is 1. The number of carbonyl (C=O) groups is 2. The van der Waals surface area contributed by atoms with Gasteiger partial charge in [0, 0.05) is 32.4 Å². The van der Waals surface area contributed by atoms with Crippen molar-refractivity contribution >= 4 is 12.0 Å². The molecule has 1 rings (SSSR count). The van der Waals surface area contributed by atoms with Crippen molar-refractivity contribution in [3.63, 3.8) is 0 Å². The van der Waals surface area contributed by atoms with Crippen LogP contribution in [0.4, 0.5) is 4.79 Å². The van der Waals surface area contributed by atoms with Crippen LogP contribution in [0.2, 0.25) is 0 Å². The number of carbonyl (C=O) groups excluding carboxylic acids is 1. The molecule has 2 N–H and O–H groups in total. The van der Waals surface area contributed by atoms with Gasteiger partial charge in [0.05, 0.1) is 5.69 Å². The number of urea groups is 1. The van der Waals surface area contributed by atoms with E-state index < -0.39 is 17.5 Å². The lowest BCUT2D eigenvalue weighted by molar-refractivity contribution is -0.146. The number of amides is 2. The van der Waals surface area contributed by atoms with Gasteiger partial charge in [0.25, 0.3) is 0 Å². The molecule has 0 aliphatic heterocycles. The Hall–Kier alpha value is -2.05. The van der Waals surface area contributed by atoms with Gasteiger partial charge < -0.3 is 15.3 Å². The maximum absolute atomic E-state index is 12.0. The van der Waals surface area contributed by atoms with Gasteiger partial charge in [-0.2, -0.15) is 5.10 Å². The van der Waals surface area contributed by atoms with Crippen molar-refractivity contribution in [2.24, 2.45) is 7.05 Å². The fourth-order valence-electron chi connectivity index (χ4n) is 1.72. The van der Waals surface area contributed by atoms with Crippen LogP contribution in [0.15, 0.2) is 6.20 Å². The Kier molecular flexibility index (Phi) is 4.75. The Morgan fingerprint density at radius 1 is 1.50 bits per heavy atom. The molecule has 0 aromatic carbocycles. The highest BCUT2D eigenvalue weighted by molar-refractivity contribution is 5.85. The van der Waals surface area contributed by atoms with Gasteiger partial charge in [-0.3, -0.25) is 4.68 Å². The second kappa shape index (κ2) is 5.94. The van der Waals surface area contributed by atoms with E-state index in [2.05, 4.69) is 10.4 Å².